The number of ether oxygens (including phenoxy) is 2. The van der Waals surface area contributed by atoms with Gasteiger partial charge in [0, 0.05) is 25.8 Å². The third kappa shape index (κ3) is 6.36. The van der Waals surface area contributed by atoms with Crippen molar-refractivity contribution in [1.82, 2.24) is 5.32 Å². The second kappa shape index (κ2) is 9.53. The van der Waals surface area contributed by atoms with E-state index in [-0.39, 0.29) is 5.91 Å². The molecule has 0 aliphatic heterocycles. The van der Waals surface area contributed by atoms with Crippen molar-refractivity contribution in [2.75, 3.05) is 33.5 Å². The van der Waals surface area contributed by atoms with Gasteiger partial charge in [-0.05, 0) is 30.5 Å². The summed E-state index contributed by atoms with van der Waals surface area (Å²) in [5, 5.41) is 2.88. The maximum absolute atomic E-state index is 11.8. The Labute approximate surface area is 115 Å². The van der Waals surface area contributed by atoms with E-state index < -0.39 is 0 Å². The molecule has 0 aliphatic rings. The topological polar surface area (TPSA) is 47.6 Å². The molecule has 0 radical (unpaired) electrons. The fraction of sp³-hybridized carbons (Fsp3) is 0.533. The number of aryl methyl sites for hydroxylation is 1. The number of rotatable bonds is 9. The molecule has 0 atom stereocenters. The Kier molecular flexibility index (Phi) is 7.86. The van der Waals surface area contributed by atoms with Crippen LogP contribution in [-0.4, -0.2) is 39.4 Å². The lowest BCUT2D eigenvalue weighted by Crippen LogP contribution is -2.25. The van der Waals surface area contributed by atoms with Crippen LogP contribution in [0.3, 0.4) is 0 Å². The van der Waals surface area contributed by atoms with E-state index >= 15 is 0 Å². The molecule has 0 aromatic heterocycles. The SMILES string of the molecule is CCc1ccc(C(=O)NCCCOCCOC)cc1. The highest BCUT2D eigenvalue weighted by Gasteiger charge is 2.03. The van der Waals surface area contributed by atoms with Crippen molar-refractivity contribution in [3.8, 4) is 0 Å². The van der Waals surface area contributed by atoms with Crippen LogP contribution in [0.5, 0.6) is 0 Å². The zero-order valence-corrected chi connectivity index (χ0v) is 11.8. The Bertz CT molecular complexity index is 362. The number of methoxy groups -OCH3 is 1. The quantitative estimate of drug-likeness (QED) is 0.695. The van der Waals surface area contributed by atoms with Gasteiger partial charge in [-0.15, -0.1) is 0 Å². The molecule has 19 heavy (non-hydrogen) atoms. The van der Waals surface area contributed by atoms with Gasteiger partial charge in [0.25, 0.3) is 5.91 Å². The van der Waals surface area contributed by atoms with Crippen molar-refractivity contribution in [2.45, 2.75) is 19.8 Å². The van der Waals surface area contributed by atoms with Crippen LogP contribution in [0, 0.1) is 0 Å². The van der Waals surface area contributed by atoms with Crippen LogP contribution in [0.15, 0.2) is 24.3 Å². The maximum atomic E-state index is 11.8. The van der Waals surface area contributed by atoms with Crippen LogP contribution in [0.1, 0.15) is 29.3 Å². The van der Waals surface area contributed by atoms with E-state index in [1.165, 1.54) is 5.56 Å². The van der Waals surface area contributed by atoms with Crippen LogP contribution in [-0.2, 0) is 15.9 Å². The standard InChI is InChI=1S/C15H23NO3/c1-3-13-5-7-14(8-6-13)15(17)16-9-4-10-19-12-11-18-2/h5-8H,3-4,9-12H2,1-2H3,(H,16,17). The molecule has 1 N–H and O–H groups in total. The average Bonchev–Trinajstić information content (AvgIpc) is 2.46. The van der Waals surface area contributed by atoms with Gasteiger partial charge in [-0.3, -0.25) is 4.79 Å². The van der Waals surface area contributed by atoms with E-state index in [2.05, 4.69) is 12.2 Å². The highest BCUT2D eigenvalue weighted by Crippen LogP contribution is 2.04. The van der Waals surface area contributed by atoms with Gasteiger partial charge < -0.3 is 14.8 Å². The van der Waals surface area contributed by atoms with E-state index in [1.807, 2.05) is 24.3 Å². The van der Waals surface area contributed by atoms with E-state index in [4.69, 9.17) is 9.47 Å². The third-order valence-electron chi connectivity index (χ3n) is 2.81. The molecular weight excluding hydrogens is 242 g/mol. The zero-order valence-electron chi connectivity index (χ0n) is 11.8. The Hall–Kier alpha value is -1.39. The van der Waals surface area contributed by atoms with Crippen LogP contribution in [0.2, 0.25) is 0 Å². The summed E-state index contributed by atoms with van der Waals surface area (Å²) in [6.07, 6.45) is 1.79. The smallest absolute Gasteiger partial charge is 0.251 e. The average molecular weight is 265 g/mol. The summed E-state index contributed by atoms with van der Waals surface area (Å²) >= 11 is 0. The fourth-order valence-electron chi connectivity index (χ4n) is 1.61. The van der Waals surface area contributed by atoms with Crippen molar-refractivity contribution in [3.05, 3.63) is 35.4 Å². The molecule has 1 aromatic carbocycles. The fourth-order valence-corrected chi connectivity index (χ4v) is 1.61. The van der Waals surface area contributed by atoms with Gasteiger partial charge >= 0.3 is 0 Å². The summed E-state index contributed by atoms with van der Waals surface area (Å²) < 4.78 is 10.2. The van der Waals surface area contributed by atoms with Gasteiger partial charge in [0.05, 0.1) is 13.2 Å². The van der Waals surface area contributed by atoms with Crippen molar-refractivity contribution in [2.24, 2.45) is 0 Å². The van der Waals surface area contributed by atoms with E-state index in [9.17, 15) is 4.79 Å². The molecular formula is C15H23NO3. The lowest BCUT2D eigenvalue weighted by molar-refractivity contribution is 0.0688. The zero-order chi connectivity index (χ0) is 13.9. The first-order chi connectivity index (χ1) is 9.27. The summed E-state index contributed by atoms with van der Waals surface area (Å²) in [7, 11) is 1.65. The molecule has 0 saturated carbocycles. The first-order valence-electron chi connectivity index (χ1n) is 6.71. The minimum atomic E-state index is -0.0282. The van der Waals surface area contributed by atoms with Gasteiger partial charge in [0.15, 0.2) is 0 Å². The summed E-state index contributed by atoms with van der Waals surface area (Å²) in [4.78, 5) is 11.8. The summed E-state index contributed by atoms with van der Waals surface area (Å²) in [5.74, 6) is -0.0282. The molecule has 0 fully saturated rings. The predicted octanol–water partition coefficient (Wildman–Crippen LogP) is 2.03. The second-order valence-corrected chi connectivity index (χ2v) is 4.27. The molecule has 0 spiro atoms. The molecule has 1 amide bonds. The number of carbonyl (C=O) groups excluding carboxylic acids is 1. The molecule has 1 rings (SSSR count). The van der Waals surface area contributed by atoms with Crippen molar-refractivity contribution >= 4 is 5.91 Å². The Morgan fingerprint density at radius 2 is 1.89 bits per heavy atom. The predicted molar refractivity (Wildman–Crippen MR) is 75.5 cm³/mol. The lowest BCUT2D eigenvalue weighted by atomic mass is 10.1. The molecule has 0 unspecified atom stereocenters. The number of carbonyl (C=O) groups is 1. The van der Waals surface area contributed by atoms with Crippen molar-refractivity contribution < 1.29 is 14.3 Å². The number of benzene rings is 1. The molecule has 0 aliphatic carbocycles. The molecule has 106 valence electrons. The van der Waals surface area contributed by atoms with Crippen molar-refractivity contribution in [3.63, 3.8) is 0 Å². The monoisotopic (exact) mass is 265 g/mol. The van der Waals surface area contributed by atoms with Crippen LogP contribution >= 0.6 is 0 Å². The molecule has 4 nitrogen and oxygen atoms in total. The summed E-state index contributed by atoms with van der Waals surface area (Å²) in [5.41, 5.74) is 1.94. The Balaban J connectivity index is 2.16. The van der Waals surface area contributed by atoms with Crippen LogP contribution in [0.25, 0.3) is 0 Å². The highest BCUT2D eigenvalue weighted by atomic mass is 16.5. The number of amides is 1. The molecule has 0 saturated heterocycles. The minimum absolute atomic E-state index is 0.0282. The summed E-state index contributed by atoms with van der Waals surface area (Å²) in [6.45, 7) is 4.57. The molecule has 1 aromatic rings. The van der Waals surface area contributed by atoms with E-state index in [0.717, 1.165) is 12.8 Å². The number of hydrogen-bond donors (Lipinski definition) is 1. The maximum Gasteiger partial charge on any atom is 0.251 e. The van der Waals surface area contributed by atoms with E-state index in [1.54, 1.807) is 7.11 Å². The van der Waals surface area contributed by atoms with Crippen molar-refractivity contribution in [1.29, 1.82) is 0 Å². The largest absolute Gasteiger partial charge is 0.382 e. The Morgan fingerprint density at radius 1 is 1.16 bits per heavy atom. The molecule has 4 heteroatoms. The van der Waals surface area contributed by atoms with E-state index in [0.29, 0.717) is 31.9 Å². The second-order valence-electron chi connectivity index (χ2n) is 4.27. The van der Waals surface area contributed by atoms with Gasteiger partial charge in [0.2, 0.25) is 0 Å². The normalized spacial score (nSPS) is 10.4. The third-order valence-corrected chi connectivity index (χ3v) is 2.81. The first kappa shape index (κ1) is 15.7. The number of nitrogens with one attached hydrogen (secondary N) is 1. The highest BCUT2D eigenvalue weighted by molar-refractivity contribution is 5.94. The van der Waals surface area contributed by atoms with Gasteiger partial charge in [-0.2, -0.15) is 0 Å². The van der Waals surface area contributed by atoms with Crippen LogP contribution in [0.4, 0.5) is 0 Å². The minimum Gasteiger partial charge on any atom is -0.382 e. The lowest BCUT2D eigenvalue weighted by Gasteiger charge is -2.06. The Morgan fingerprint density at radius 3 is 2.53 bits per heavy atom. The molecule has 0 heterocycles. The summed E-state index contributed by atoms with van der Waals surface area (Å²) in [6, 6.07) is 7.71. The van der Waals surface area contributed by atoms with Gasteiger partial charge in [-0.25, -0.2) is 0 Å². The molecule has 0 bridgehead atoms. The van der Waals surface area contributed by atoms with Crippen LogP contribution < -0.4 is 5.32 Å². The first-order valence-corrected chi connectivity index (χ1v) is 6.71. The van der Waals surface area contributed by atoms with Gasteiger partial charge in [-0.1, -0.05) is 19.1 Å². The van der Waals surface area contributed by atoms with Gasteiger partial charge in [0.1, 0.15) is 0 Å². The number of hydrogen-bond acceptors (Lipinski definition) is 3.